The number of carbonyl (C=O) groups is 2. The summed E-state index contributed by atoms with van der Waals surface area (Å²) in [6.45, 7) is 1.69. The number of ether oxygens (including phenoxy) is 1. The fourth-order valence-electron chi connectivity index (χ4n) is 2.93. The van der Waals surface area contributed by atoms with E-state index in [1.54, 1.807) is 29.2 Å². The maximum absolute atomic E-state index is 12.7. The highest BCUT2D eigenvalue weighted by Gasteiger charge is 2.31. The van der Waals surface area contributed by atoms with Crippen molar-refractivity contribution < 1.29 is 14.3 Å². The fraction of sp³-hybridized carbons (Fsp3) is 0.333. The molecular formula is C18H18ClN5O3. The first-order valence-electron chi connectivity index (χ1n) is 8.64. The molecule has 2 aliphatic rings. The second-order valence-corrected chi connectivity index (χ2v) is 6.93. The predicted octanol–water partition coefficient (Wildman–Crippen LogP) is 1.79. The van der Waals surface area contributed by atoms with Gasteiger partial charge in [0.2, 0.25) is 5.95 Å². The molecule has 4 rings (SSSR count). The third-order valence-corrected chi connectivity index (χ3v) is 4.65. The Morgan fingerprint density at radius 2 is 1.89 bits per heavy atom. The summed E-state index contributed by atoms with van der Waals surface area (Å²) >= 11 is 5.78. The van der Waals surface area contributed by atoms with Crippen LogP contribution >= 0.6 is 11.6 Å². The molecule has 2 amide bonds. The number of rotatable bonds is 5. The largest absolute Gasteiger partial charge is 0.363 e. The zero-order valence-electron chi connectivity index (χ0n) is 14.4. The van der Waals surface area contributed by atoms with Crippen LogP contribution in [0.4, 0.5) is 11.6 Å². The molecule has 0 saturated carbocycles. The first-order valence-corrected chi connectivity index (χ1v) is 9.02. The third-order valence-electron chi connectivity index (χ3n) is 4.45. The summed E-state index contributed by atoms with van der Waals surface area (Å²) in [5.41, 5.74) is 1.23. The fourth-order valence-corrected chi connectivity index (χ4v) is 3.03. The molecule has 0 radical (unpaired) electrons. The molecule has 2 aliphatic heterocycles. The predicted molar refractivity (Wildman–Crippen MR) is 99.8 cm³/mol. The van der Waals surface area contributed by atoms with Crippen molar-refractivity contribution in [2.45, 2.75) is 18.6 Å². The monoisotopic (exact) mass is 387 g/mol. The standard InChI is InChI=1S/C18H18ClN5O3/c19-12-7-20-18(21-8-12)23-14-5-6-24(9-14)17(26)11-1-3-13(4-2-11)22-16(25)15-10-27-15/h1-4,7-8,14-15H,5-6,9-10H2,(H,22,25)(H,20,21,23)/t14-,15?/m1/s1. The SMILES string of the molecule is O=C(Nc1ccc(C(=O)N2CC[C@@H](Nc3ncc(Cl)cn3)C2)cc1)C1CO1. The number of epoxide rings is 1. The first-order chi connectivity index (χ1) is 13.1. The van der Waals surface area contributed by atoms with Crippen molar-refractivity contribution in [2.24, 2.45) is 0 Å². The van der Waals surface area contributed by atoms with Crippen LogP contribution in [0.25, 0.3) is 0 Å². The van der Waals surface area contributed by atoms with Gasteiger partial charge in [-0.1, -0.05) is 11.6 Å². The molecule has 2 atom stereocenters. The highest BCUT2D eigenvalue weighted by Crippen LogP contribution is 2.19. The van der Waals surface area contributed by atoms with Crippen molar-refractivity contribution in [3.05, 3.63) is 47.2 Å². The van der Waals surface area contributed by atoms with E-state index in [0.29, 0.717) is 41.9 Å². The Morgan fingerprint density at radius 1 is 1.19 bits per heavy atom. The number of carbonyl (C=O) groups excluding carboxylic acids is 2. The molecule has 2 saturated heterocycles. The molecule has 0 bridgehead atoms. The minimum absolute atomic E-state index is 0.0419. The molecule has 1 aromatic heterocycles. The summed E-state index contributed by atoms with van der Waals surface area (Å²) < 4.78 is 4.94. The number of nitrogens with zero attached hydrogens (tertiary/aromatic N) is 3. The molecule has 8 nitrogen and oxygen atoms in total. The third kappa shape index (κ3) is 4.35. The maximum atomic E-state index is 12.7. The Bertz CT molecular complexity index is 839. The first kappa shape index (κ1) is 17.7. The average molecular weight is 388 g/mol. The smallest absolute Gasteiger partial charge is 0.255 e. The molecule has 2 fully saturated rings. The van der Waals surface area contributed by atoms with E-state index < -0.39 is 0 Å². The van der Waals surface area contributed by atoms with Gasteiger partial charge in [0.1, 0.15) is 0 Å². The summed E-state index contributed by atoms with van der Waals surface area (Å²) in [7, 11) is 0. The lowest BCUT2D eigenvalue weighted by atomic mass is 10.2. The van der Waals surface area contributed by atoms with Crippen LogP contribution in [-0.2, 0) is 9.53 Å². The van der Waals surface area contributed by atoms with Gasteiger partial charge >= 0.3 is 0 Å². The number of hydrogen-bond donors (Lipinski definition) is 2. The van der Waals surface area contributed by atoms with E-state index in [1.807, 2.05) is 0 Å². The van der Waals surface area contributed by atoms with Gasteiger partial charge in [-0.05, 0) is 30.7 Å². The molecular weight excluding hydrogens is 370 g/mol. The van der Waals surface area contributed by atoms with E-state index in [2.05, 4.69) is 20.6 Å². The molecule has 1 unspecified atom stereocenters. The summed E-state index contributed by atoms with van der Waals surface area (Å²) in [4.78, 5) is 34.4. The number of aromatic nitrogens is 2. The van der Waals surface area contributed by atoms with Gasteiger partial charge in [-0.3, -0.25) is 9.59 Å². The van der Waals surface area contributed by atoms with Crippen molar-refractivity contribution in [3.63, 3.8) is 0 Å². The van der Waals surface area contributed by atoms with E-state index in [0.717, 1.165) is 6.42 Å². The number of halogens is 1. The molecule has 9 heteroatoms. The van der Waals surface area contributed by atoms with E-state index in [1.165, 1.54) is 12.4 Å². The van der Waals surface area contributed by atoms with Gasteiger partial charge in [0.25, 0.3) is 11.8 Å². The van der Waals surface area contributed by atoms with Crippen LogP contribution in [0.2, 0.25) is 5.02 Å². The van der Waals surface area contributed by atoms with Gasteiger partial charge in [-0.2, -0.15) is 0 Å². The Morgan fingerprint density at radius 3 is 2.56 bits per heavy atom. The van der Waals surface area contributed by atoms with Crippen LogP contribution in [0.15, 0.2) is 36.7 Å². The van der Waals surface area contributed by atoms with E-state index >= 15 is 0 Å². The van der Waals surface area contributed by atoms with Gasteiger partial charge in [0.05, 0.1) is 24.0 Å². The number of anilines is 2. The minimum Gasteiger partial charge on any atom is -0.363 e. The van der Waals surface area contributed by atoms with Crippen molar-refractivity contribution in [1.82, 2.24) is 14.9 Å². The normalized spacial score (nSPS) is 21.0. The Labute approximate surface area is 160 Å². The van der Waals surface area contributed by atoms with Crippen LogP contribution in [-0.4, -0.2) is 58.5 Å². The molecule has 3 heterocycles. The van der Waals surface area contributed by atoms with Gasteiger partial charge < -0.3 is 20.3 Å². The van der Waals surface area contributed by atoms with Crippen molar-refractivity contribution in [2.75, 3.05) is 30.3 Å². The quantitative estimate of drug-likeness (QED) is 0.759. The number of nitrogens with one attached hydrogen (secondary N) is 2. The molecule has 1 aromatic carbocycles. The molecule has 0 spiro atoms. The van der Waals surface area contributed by atoms with Crippen LogP contribution in [0, 0.1) is 0 Å². The average Bonchev–Trinajstić information content (AvgIpc) is 3.43. The van der Waals surface area contributed by atoms with Crippen LogP contribution < -0.4 is 10.6 Å². The summed E-state index contributed by atoms with van der Waals surface area (Å²) in [6.07, 6.45) is 3.53. The zero-order chi connectivity index (χ0) is 18.8. The zero-order valence-corrected chi connectivity index (χ0v) is 15.1. The Kier molecular flexibility index (Phi) is 4.91. The minimum atomic E-state index is -0.343. The van der Waals surface area contributed by atoms with Crippen molar-refractivity contribution in [1.29, 1.82) is 0 Å². The van der Waals surface area contributed by atoms with Crippen molar-refractivity contribution in [3.8, 4) is 0 Å². The molecule has 0 aliphatic carbocycles. The molecule has 27 heavy (non-hydrogen) atoms. The number of amides is 2. The second kappa shape index (κ2) is 7.50. The van der Waals surface area contributed by atoms with Crippen LogP contribution in [0.3, 0.4) is 0 Å². The number of likely N-dealkylation sites (tertiary alicyclic amines) is 1. The highest BCUT2D eigenvalue weighted by atomic mass is 35.5. The maximum Gasteiger partial charge on any atom is 0.255 e. The summed E-state index contributed by atoms with van der Waals surface area (Å²) in [5.74, 6) is 0.296. The number of hydrogen-bond acceptors (Lipinski definition) is 6. The van der Waals surface area contributed by atoms with Gasteiger partial charge in [-0.25, -0.2) is 9.97 Å². The lowest BCUT2D eigenvalue weighted by Gasteiger charge is -2.17. The molecule has 2 aromatic rings. The lowest BCUT2D eigenvalue weighted by Crippen LogP contribution is -2.31. The van der Waals surface area contributed by atoms with Crippen LogP contribution in [0.5, 0.6) is 0 Å². The van der Waals surface area contributed by atoms with Gasteiger partial charge in [0.15, 0.2) is 6.10 Å². The summed E-state index contributed by atoms with van der Waals surface area (Å²) in [5, 5.41) is 6.45. The molecule has 2 N–H and O–H groups in total. The van der Waals surface area contributed by atoms with E-state index in [4.69, 9.17) is 16.3 Å². The Balaban J connectivity index is 1.32. The van der Waals surface area contributed by atoms with Gasteiger partial charge in [0, 0.05) is 30.4 Å². The second-order valence-electron chi connectivity index (χ2n) is 6.49. The van der Waals surface area contributed by atoms with E-state index in [9.17, 15) is 9.59 Å². The summed E-state index contributed by atoms with van der Waals surface area (Å²) in [6, 6.07) is 6.97. The van der Waals surface area contributed by atoms with Crippen LogP contribution in [0.1, 0.15) is 16.8 Å². The lowest BCUT2D eigenvalue weighted by molar-refractivity contribution is -0.117. The number of benzene rings is 1. The highest BCUT2D eigenvalue weighted by molar-refractivity contribution is 6.30. The van der Waals surface area contributed by atoms with Crippen molar-refractivity contribution >= 4 is 35.1 Å². The van der Waals surface area contributed by atoms with Gasteiger partial charge in [-0.15, -0.1) is 0 Å². The van der Waals surface area contributed by atoms with E-state index in [-0.39, 0.29) is 24.0 Å². The topological polar surface area (TPSA) is 99.8 Å². The molecule has 140 valence electrons. The Hall–Kier alpha value is -2.71.